The van der Waals surface area contributed by atoms with Crippen molar-refractivity contribution in [1.82, 2.24) is 5.32 Å². The summed E-state index contributed by atoms with van der Waals surface area (Å²) in [4.78, 5) is 21.2. The van der Waals surface area contributed by atoms with Crippen molar-refractivity contribution in [3.05, 3.63) is 24.3 Å². The number of rotatable bonds is 9. The zero-order valence-electron chi connectivity index (χ0n) is 10.3. The van der Waals surface area contributed by atoms with Gasteiger partial charge >= 0.3 is 5.97 Å². The van der Waals surface area contributed by atoms with E-state index in [1.165, 1.54) is 12.8 Å². The second kappa shape index (κ2) is 10.9. The molecule has 0 bridgehead atoms. The molecule has 0 aromatic heterocycles. The monoisotopic (exact) mass is 239 g/mol. The summed E-state index contributed by atoms with van der Waals surface area (Å²) in [7, 11) is 0. The van der Waals surface area contributed by atoms with Crippen LogP contribution in [0.1, 0.15) is 39.0 Å². The molecule has 0 aliphatic carbocycles. The molecule has 0 radical (unpaired) electrons. The molecule has 0 aliphatic heterocycles. The SMILES string of the molecule is CCCC/C=C/CCCNC(=O)/C=C/C(=O)O. The van der Waals surface area contributed by atoms with Crippen molar-refractivity contribution in [3.63, 3.8) is 0 Å². The van der Waals surface area contributed by atoms with Crippen LogP contribution in [0.4, 0.5) is 0 Å². The van der Waals surface area contributed by atoms with Crippen molar-refractivity contribution in [1.29, 1.82) is 0 Å². The number of unbranched alkanes of at least 4 members (excludes halogenated alkanes) is 3. The first kappa shape index (κ1) is 15.4. The number of carbonyl (C=O) groups excluding carboxylic acids is 1. The molecule has 0 unspecified atom stereocenters. The van der Waals surface area contributed by atoms with Crippen LogP contribution in [0, 0.1) is 0 Å². The van der Waals surface area contributed by atoms with E-state index in [0.717, 1.165) is 31.4 Å². The average Bonchev–Trinajstić information content (AvgIpc) is 2.30. The van der Waals surface area contributed by atoms with Crippen LogP contribution < -0.4 is 5.32 Å². The molecular weight excluding hydrogens is 218 g/mol. The maximum absolute atomic E-state index is 11.0. The topological polar surface area (TPSA) is 66.4 Å². The number of carboxylic acids is 1. The van der Waals surface area contributed by atoms with Crippen LogP contribution >= 0.6 is 0 Å². The Bertz CT molecular complexity index is 282. The standard InChI is InChI=1S/C13H21NO3/c1-2-3-4-5-6-7-8-11-14-12(15)9-10-13(16)17/h5-6,9-10H,2-4,7-8,11H2,1H3,(H,14,15)(H,16,17)/b6-5+,10-9+. The second-order valence-electron chi connectivity index (χ2n) is 3.72. The van der Waals surface area contributed by atoms with Gasteiger partial charge in [-0.2, -0.15) is 0 Å². The van der Waals surface area contributed by atoms with E-state index in [1.54, 1.807) is 0 Å². The average molecular weight is 239 g/mol. The lowest BCUT2D eigenvalue weighted by Crippen LogP contribution is -2.22. The minimum atomic E-state index is -1.11. The van der Waals surface area contributed by atoms with Gasteiger partial charge in [-0.3, -0.25) is 4.79 Å². The first-order valence-electron chi connectivity index (χ1n) is 6.00. The summed E-state index contributed by atoms with van der Waals surface area (Å²) < 4.78 is 0. The Balaban J connectivity index is 3.42. The van der Waals surface area contributed by atoms with Gasteiger partial charge < -0.3 is 10.4 Å². The van der Waals surface area contributed by atoms with Gasteiger partial charge in [0, 0.05) is 18.7 Å². The molecule has 96 valence electrons. The smallest absolute Gasteiger partial charge is 0.328 e. The second-order valence-corrected chi connectivity index (χ2v) is 3.72. The van der Waals surface area contributed by atoms with E-state index in [2.05, 4.69) is 24.4 Å². The third kappa shape index (κ3) is 12.4. The maximum Gasteiger partial charge on any atom is 0.328 e. The fraction of sp³-hybridized carbons (Fsp3) is 0.538. The number of hydrogen-bond acceptors (Lipinski definition) is 2. The molecule has 4 heteroatoms. The normalized spacial score (nSPS) is 11.1. The van der Waals surface area contributed by atoms with Crippen LogP contribution in [-0.4, -0.2) is 23.5 Å². The number of carboxylic acid groups (broad SMARTS) is 1. The summed E-state index contributed by atoms with van der Waals surface area (Å²) in [5, 5.41) is 10.9. The number of carbonyl (C=O) groups is 2. The van der Waals surface area contributed by atoms with Crippen molar-refractivity contribution in [2.45, 2.75) is 39.0 Å². The fourth-order valence-corrected chi connectivity index (χ4v) is 1.20. The third-order valence-electron chi connectivity index (χ3n) is 2.12. The van der Waals surface area contributed by atoms with Crippen LogP contribution in [0.15, 0.2) is 24.3 Å². The minimum absolute atomic E-state index is 0.359. The molecule has 0 aromatic rings. The number of hydrogen-bond donors (Lipinski definition) is 2. The molecule has 0 aromatic carbocycles. The van der Waals surface area contributed by atoms with Gasteiger partial charge in [-0.25, -0.2) is 4.79 Å². The minimum Gasteiger partial charge on any atom is -0.478 e. The molecule has 2 N–H and O–H groups in total. The molecule has 0 fully saturated rings. The summed E-state index contributed by atoms with van der Waals surface area (Å²) in [6.45, 7) is 2.73. The van der Waals surface area contributed by atoms with E-state index in [-0.39, 0.29) is 5.91 Å². The number of allylic oxidation sites excluding steroid dienone is 2. The Hall–Kier alpha value is -1.58. The summed E-state index contributed by atoms with van der Waals surface area (Å²) >= 11 is 0. The van der Waals surface area contributed by atoms with E-state index in [0.29, 0.717) is 6.54 Å². The Morgan fingerprint density at radius 1 is 1.12 bits per heavy atom. The lowest BCUT2D eigenvalue weighted by molar-refractivity contribution is -0.131. The molecule has 1 amide bonds. The number of nitrogens with one attached hydrogen (secondary N) is 1. The van der Waals surface area contributed by atoms with Gasteiger partial charge in [-0.05, 0) is 19.3 Å². The maximum atomic E-state index is 11.0. The first-order chi connectivity index (χ1) is 8.16. The molecule has 0 spiro atoms. The van der Waals surface area contributed by atoms with Gasteiger partial charge in [0.05, 0.1) is 0 Å². The zero-order valence-corrected chi connectivity index (χ0v) is 10.3. The highest BCUT2D eigenvalue weighted by Crippen LogP contribution is 1.97. The quantitative estimate of drug-likeness (QED) is 0.368. The molecule has 0 rings (SSSR count). The summed E-state index contributed by atoms with van der Waals surface area (Å²) in [5.41, 5.74) is 0. The van der Waals surface area contributed by atoms with Crippen molar-refractivity contribution in [2.24, 2.45) is 0 Å². The van der Waals surface area contributed by atoms with Crippen LogP contribution in [0.25, 0.3) is 0 Å². The van der Waals surface area contributed by atoms with Gasteiger partial charge in [0.1, 0.15) is 0 Å². The van der Waals surface area contributed by atoms with Gasteiger partial charge in [0.15, 0.2) is 0 Å². The molecule has 0 saturated heterocycles. The largest absolute Gasteiger partial charge is 0.478 e. The van der Waals surface area contributed by atoms with Crippen LogP contribution in [-0.2, 0) is 9.59 Å². The van der Waals surface area contributed by atoms with Crippen molar-refractivity contribution in [3.8, 4) is 0 Å². The van der Waals surface area contributed by atoms with Crippen molar-refractivity contribution >= 4 is 11.9 Å². The lowest BCUT2D eigenvalue weighted by Gasteiger charge is -1.99. The highest BCUT2D eigenvalue weighted by Gasteiger charge is 1.94. The molecule has 4 nitrogen and oxygen atoms in total. The Morgan fingerprint density at radius 3 is 2.35 bits per heavy atom. The Morgan fingerprint density at radius 2 is 1.76 bits per heavy atom. The highest BCUT2D eigenvalue weighted by molar-refractivity contribution is 5.93. The zero-order chi connectivity index (χ0) is 12.9. The Kier molecular flexibility index (Phi) is 9.91. The van der Waals surface area contributed by atoms with E-state index in [4.69, 9.17) is 5.11 Å². The van der Waals surface area contributed by atoms with E-state index >= 15 is 0 Å². The van der Waals surface area contributed by atoms with E-state index in [9.17, 15) is 9.59 Å². The number of amides is 1. The summed E-state index contributed by atoms with van der Waals surface area (Å²) in [6, 6.07) is 0. The summed E-state index contributed by atoms with van der Waals surface area (Å²) in [6.07, 6.45) is 11.5. The van der Waals surface area contributed by atoms with Crippen molar-refractivity contribution in [2.75, 3.05) is 6.54 Å². The molecule has 0 atom stereocenters. The van der Waals surface area contributed by atoms with Crippen LogP contribution in [0.3, 0.4) is 0 Å². The van der Waals surface area contributed by atoms with Gasteiger partial charge in [0.2, 0.25) is 5.91 Å². The highest BCUT2D eigenvalue weighted by atomic mass is 16.4. The van der Waals surface area contributed by atoms with Gasteiger partial charge in [0.25, 0.3) is 0 Å². The molecule has 0 aliphatic rings. The van der Waals surface area contributed by atoms with Crippen LogP contribution in [0.2, 0.25) is 0 Å². The molecule has 17 heavy (non-hydrogen) atoms. The fourth-order valence-electron chi connectivity index (χ4n) is 1.20. The molecule has 0 saturated carbocycles. The predicted octanol–water partition coefficient (Wildman–Crippen LogP) is 2.27. The molecular formula is C13H21NO3. The number of aliphatic carboxylic acids is 1. The summed E-state index contributed by atoms with van der Waals surface area (Å²) in [5.74, 6) is -1.47. The van der Waals surface area contributed by atoms with Gasteiger partial charge in [-0.15, -0.1) is 0 Å². The van der Waals surface area contributed by atoms with E-state index < -0.39 is 5.97 Å². The van der Waals surface area contributed by atoms with E-state index in [1.807, 2.05) is 0 Å². The van der Waals surface area contributed by atoms with Crippen LogP contribution in [0.5, 0.6) is 0 Å². The first-order valence-corrected chi connectivity index (χ1v) is 6.00. The van der Waals surface area contributed by atoms with Crippen molar-refractivity contribution < 1.29 is 14.7 Å². The predicted molar refractivity (Wildman–Crippen MR) is 67.7 cm³/mol. The molecule has 0 heterocycles. The third-order valence-corrected chi connectivity index (χ3v) is 2.12. The Labute approximate surface area is 102 Å². The van der Waals surface area contributed by atoms with Gasteiger partial charge in [-0.1, -0.05) is 31.9 Å². The lowest BCUT2D eigenvalue weighted by atomic mass is 10.2.